The molecule has 0 aliphatic rings. The Morgan fingerprint density at radius 1 is 1.62 bits per heavy atom. The molecule has 0 atom stereocenters. The van der Waals surface area contributed by atoms with Crippen LogP contribution in [-0.4, -0.2) is 5.91 Å². The van der Waals surface area contributed by atoms with E-state index in [1.54, 1.807) is 25.1 Å². The van der Waals surface area contributed by atoms with Crippen molar-refractivity contribution >= 4 is 23.2 Å². The largest absolute Gasteiger partial charge is 0.322 e. The van der Waals surface area contributed by atoms with Gasteiger partial charge < -0.3 is 5.32 Å². The monoisotopic (exact) mass is 194 g/mol. The Kier molecular flexibility index (Phi) is 3.09. The van der Waals surface area contributed by atoms with E-state index < -0.39 is 0 Å². The predicted molar refractivity (Wildman–Crippen MR) is 53.7 cm³/mol. The normalized spacial score (nSPS) is 9.38. The highest BCUT2D eigenvalue weighted by atomic mass is 35.5. The van der Waals surface area contributed by atoms with Crippen LogP contribution in [0.3, 0.4) is 0 Å². The summed E-state index contributed by atoms with van der Waals surface area (Å²) in [6.45, 7) is 5.17. The minimum absolute atomic E-state index is 0.198. The van der Waals surface area contributed by atoms with E-state index in [-0.39, 0.29) is 5.91 Å². The lowest BCUT2D eigenvalue weighted by Crippen LogP contribution is -2.11. The fourth-order valence-corrected chi connectivity index (χ4v) is 0.839. The zero-order chi connectivity index (χ0) is 9.84. The van der Waals surface area contributed by atoms with Gasteiger partial charge >= 0.3 is 0 Å². The van der Waals surface area contributed by atoms with Crippen LogP contribution in [0.4, 0.5) is 5.69 Å². The molecule has 67 valence electrons. The average molecular weight is 195 g/mol. The van der Waals surface area contributed by atoms with Crippen molar-refractivity contribution < 1.29 is 4.79 Å². The van der Waals surface area contributed by atoms with E-state index in [9.17, 15) is 4.79 Å². The third kappa shape index (κ3) is 2.92. The van der Waals surface area contributed by atoms with E-state index in [0.717, 1.165) is 0 Å². The zero-order valence-corrected chi connectivity index (χ0v) is 7.98. The molecular formula is C10H9ClNO. The third-order valence-electron chi connectivity index (χ3n) is 1.42. The van der Waals surface area contributed by atoms with Crippen molar-refractivity contribution in [3.05, 3.63) is 41.4 Å². The quantitative estimate of drug-likeness (QED) is 0.721. The van der Waals surface area contributed by atoms with E-state index in [4.69, 9.17) is 11.6 Å². The zero-order valence-electron chi connectivity index (χ0n) is 7.23. The van der Waals surface area contributed by atoms with Crippen LogP contribution in [0.25, 0.3) is 0 Å². The maximum Gasteiger partial charge on any atom is 0.250 e. The summed E-state index contributed by atoms with van der Waals surface area (Å²) in [4.78, 5) is 11.1. The predicted octanol–water partition coefficient (Wildman–Crippen LogP) is 2.65. The lowest BCUT2D eigenvalue weighted by Gasteiger charge is -2.03. The molecule has 0 fully saturated rings. The van der Waals surface area contributed by atoms with E-state index >= 15 is 0 Å². The van der Waals surface area contributed by atoms with Gasteiger partial charge in [-0.25, -0.2) is 0 Å². The molecule has 0 aliphatic carbocycles. The first kappa shape index (κ1) is 9.81. The number of anilines is 1. The lowest BCUT2D eigenvalue weighted by atomic mass is 10.3. The summed E-state index contributed by atoms with van der Waals surface area (Å²) in [5.74, 6) is -0.198. The van der Waals surface area contributed by atoms with Crippen molar-refractivity contribution in [3.63, 3.8) is 0 Å². The lowest BCUT2D eigenvalue weighted by molar-refractivity contribution is -0.112. The van der Waals surface area contributed by atoms with Gasteiger partial charge in [0.25, 0.3) is 5.91 Å². The van der Waals surface area contributed by atoms with Crippen LogP contribution in [-0.2, 0) is 4.79 Å². The molecule has 0 spiro atoms. The Labute approximate surface area is 82.2 Å². The third-order valence-corrected chi connectivity index (χ3v) is 1.66. The molecule has 2 nitrogen and oxygen atoms in total. The van der Waals surface area contributed by atoms with E-state index in [2.05, 4.69) is 18.0 Å². The Hall–Kier alpha value is -1.28. The van der Waals surface area contributed by atoms with E-state index in [0.29, 0.717) is 16.3 Å². The second-order valence-corrected chi connectivity index (χ2v) is 3.07. The molecule has 3 heteroatoms. The fourth-order valence-electron chi connectivity index (χ4n) is 0.721. The number of halogens is 1. The molecule has 1 radical (unpaired) electrons. The molecule has 0 unspecified atom stereocenters. The molecule has 0 bridgehead atoms. The summed E-state index contributed by atoms with van der Waals surface area (Å²) in [5, 5.41) is 3.16. The summed E-state index contributed by atoms with van der Waals surface area (Å²) in [7, 11) is 0. The maximum atomic E-state index is 11.1. The number of amides is 1. The van der Waals surface area contributed by atoms with Gasteiger partial charge in [-0.2, -0.15) is 0 Å². The maximum absolute atomic E-state index is 11.1. The van der Waals surface area contributed by atoms with Gasteiger partial charge in [-0.3, -0.25) is 4.79 Å². The Morgan fingerprint density at radius 2 is 2.31 bits per heavy atom. The number of carbonyl (C=O) groups excluding carboxylic acids is 1. The molecule has 0 saturated carbocycles. The van der Waals surface area contributed by atoms with Gasteiger partial charge in [-0.1, -0.05) is 18.2 Å². The summed E-state index contributed by atoms with van der Waals surface area (Å²) in [6, 6.07) is 7.75. The molecule has 13 heavy (non-hydrogen) atoms. The van der Waals surface area contributed by atoms with Crippen LogP contribution in [0.5, 0.6) is 0 Å². The minimum Gasteiger partial charge on any atom is -0.322 e. The van der Waals surface area contributed by atoms with Crippen molar-refractivity contribution in [2.24, 2.45) is 0 Å². The number of hydrogen-bond acceptors (Lipinski definition) is 1. The SMILES string of the molecule is C=C(C)C(=O)Nc1c[c]c(Cl)cc1. The van der Waals surface area contributed by atoms with Gasteiger partial charge in [-0.05, 0) is 25.1 Å². The number of carbonyl (C=O) groups is 1. The molecule has 0 aliphatic heterocycles. The molecular weight excluding hydrogens is 186 g/mol. The smallest absolute Gasteiger partial charge is 0.250 e. The van der Waals surface area contributed by atoms with Gasteiger partial charge in [0.15, 0.2) is 0 Å². The van der Waals surface area contributed by atoms with Crippen LogP contribution < -0.4 is 5.32 Å². The van der Waals surface area contributed by atoms with Crippen molar-refractivity contribution in [1.82, 2.24) is 0 Å². The van der Waals surface area contributed by atoms with Gasteiger partial charge in [0.05, 0.1) is 0 Å². The van der Waals surface area contributed by atoms with Crippen molar-refractivity contribution in [3.8, 4) is 0 Å². The van der Waals surface area contributed by atoms with Crippen molar-refractivity contribution in [1.29, 1.82) is 0 Å². The highest BCUT2D eigenvalue weighted by Gasteiger charge is 2.01. The first-order valence-electron chi connectivity index (χ1n) is 3.73. The number of hydrogen-bond donors (Lipinski definition) is 1. The molecule has 1 aromatic carbocycles. The van der Waals surface area contributed by atoms with Crippen molar-refractivity contribution in [2.75, 3.05) is 5.32 Å². The summed E-state index contributed by atoms with van der Waals surface area (Å²) in [6.07, 6.45) is 0. The van der Waals surface area contributed by atoms with Crippen LogP contribution in [0.1, 0.15) is 6.92 Å². The summed E-state index contributed by atoms with van der Waals surface area (Å²) < 4.78 is 0. The molecule has 1 amide bonds. The standard InChI is InChI=1S/C10H9ClNO/c1-7(2)10(13)12-9-5-3-8(11)4-6-9/h3,5-6H,1H2,2H3,(H,12,13). The molecule has 1 rings (SSSR count). The molecule has 1 N–H and O–H groups in total. The molecule has 0 saturated heterocycles. The second kappa shape index (κ2) is 4.10. The Bertz CT molecular complexity index is 329. The molecule has 1 aromatic rings. The highest BCUT2D eigenvalue weighted by Crippen LogP contribution is 2.12. The van der Waals surface area contributed by atoms with Gasteiger partial charge in [0, 0.05) is 22.3 Å². The first-order valence-corrected chi connectivity index (χ1v) is 4.11. The molecule has 0 aromatic heterocycles. The summed E-state index contributed by atoms with van der Waals surface area (Å²) >= 11 is 5.62. The summed E-state index contributed by atoms with van der Waals surface area (Å²) in [5.41, 5.74) is 1.13. The number of rotatable bonds is 2. The highest BCUT2D eigenvalue weighted by molar-refractivity contribution is 6.30. The average Bonchev–Trinajstić information content (AvgIpc) is 2.08. The fraction of sp³-hybridized carbons (Fsp3) is 0.100. The van der Waals surface area contributed by atoms with Crippen LogP contribution in [0, 0.1) is 6.07 Å². The van der Waals surface area contributed by atoms with Crippen LogP contribution >= 0.6 is 11.6 Å². The van der Waals surface area contributed by atoms with Gasteiger partial charge in [0.2, 0.25) is 0 Å². The Balaban J connectivity index is 2.70. The topological polar surface area (TPSA) is 29.1 Å². The van der Waals surface area contributed by atoms with E-state index in [1.165, 1.54) is 0 Å². The number of nitrogens with one attached hydrogen (secondary N) is 1. The van der Waals surface area contributed by atoms with Gasteiger partial charge in [0.1, 0.15) is 0 Å². The second-order valence-electron chi connectivity index (χ2n) is 2.66. The number of benzene rings is 1. The Morgan fingerprint density at radius 3 is 2.77 bits per heavy atom. The van der Waals surface area contributed by atoms with E-state index in [1.807, 2.05) is 0 Å². The minimum atomic E-state index is -0.198. The van der Waals surface area contributed by atoms with Gasteiger partial charge in [-0.15, -0.1) is 0 Å². The first-order chi connectivity index (χ1) is 6.09. The van der Waals surface area contributed by atoms with Crippen molar-refractivity contribution in [2.45, 2.75) is 6.92 Å². The van der Waals surface area contributed by atoms with Crippen LogP contribution in [0.15, 0.2) is 30.4 Å². The van der Waals surface area contributed by atoms with Crippen LogP contribution in [0.2, 0.25) is 5.02 Å². The molecule has 0 heterocycles.